The van der Waals surface area contributed by atoms with Crippen LogP contribution in [0.2, 0.25) is 0 Å². The molecule has 4 nitrogen and oxygen atoms in total. The van der Waals surface area contributed by atoms with E-state index >= 15 is 0 Å². The maximum Gasteiger partial charge on any atom is 0.222 e. The minimum atomic E-state index is 0.286. The van der Waals surface area contributed by atoms with Gasteiger partial charge < -0.3 is 9.80 Å². The Morgan fingerprint density at radius 1 is 1.07 bits per heavy atom. The lowest BCUT2D eigenvalue weighted by atomic mass is 10.2. The molecular formula is C22H25N3OS2. The number of aromatic nitrogens is 1. The zero-order valence-electron chi connectivity index (χ0n) is 16.1. The summed E-state index contributed by atoms with van der Waals surface area (Å²) in [6, 6.07) is 16.8. The maximum atomic E-state index is 12.5. The van der Waals surface area contributed by atoms with Gasteiger partial charge in [0.25, 0.3) is 0 Å². The fraction of sp³-hybridized carbons (Fsp3) is 0.364. The van der Waals surface area contributed by atoms with E-state index in [9.17, 15) is 4.79 Å². The van der Waals surface area contributed by atoms with Crippen LogP contribution in [0.15, 0.2) is 53.4 Å². The number of carbonyl (C=O) groups excluding carboxylic acids is 1. The minimum Gasteiger partial charge on any atom is -0.345 e. The summed E-state index contributed by atoms with van der Waals surface area (Å²) in [4.78, 5) is 22.9. The second-order valence-electron chi connectivity index (χ2n) is 7.10. The van der Waals surface area contributed by atoms with Crippen molar-refractivity contribution < 1.29 is 4.79 Å². The fourth-order valence-electron chi connectivity index (χ4n) is 3.35. The number of amides is 1. The maximum absolute atomic E-state index is 12.5. The molecule has 1 aliphatic heterocycles. The van der Waals surface area contributed by atoms with Gasteiger partial charge in [0.2, 0.25) is 5.91 Å². The van der Waals surface area contributed by atoms with Crippen molar-refractivity contribution in [1.29, 1.82) is 0 Å². The molecule has 0 bridgehead atoms. The number of thioether (sulfide) groups is 1. The van der Waals surface area contributed by atoms with Crippen molar-refractivity contribution >= 4 is 44.4 Å². The first-order valence-corrected chi connectivity index (χ1v) is 11.6. The van der Waals surface area contributed by atoms with Crippen molar-refractivity contribution in [2.24, 2.45) is 0 Å². The summed E-state index contributed by atoms with van der Waals surface area (Å²) in [5.74, 6) is 1.27. The molecule has 0 radical (unpaired) electrons. The van der Waals surface area contributed by atoms with E-state index in [4.69, 9.17) is 4.98 Å². The second-order valence-corrected chi connectivity index (χ2v) is 9.27. The Hall–Kier alpha value is -2.05. The van der Waals surface area contributed by atoms with E-state index < -0.39 is 0 Å². The molecule has 0 atom stereocenters. The van der Waals surface area contributed by atoms with Crippen LogP contribution in [-0.4, -0.2) is 47.7 Å². The van der Waals surface area contributed by atoms with Crippen LogP contribution in [0.1, 0.15) is 18.4 Å². The Kier molecular flexibility index (Phi) is 6.17. The number of benzene rings is 2. The molecular weight excluding hydrogens is 386 g/mol. The third-order valence-electron chi connectivity index (χ3n) is 5.01. The van der Waals surface area contributed by atoms with Gasteiger partial charge >= 0.3 is 0 Å². The molecule has 1 aliphatic rings. The van der Waals surface area contributed by atoms with Crippen LogP contribution < -0.4 is 4.90 Å². The van der Waals surface area contributed by atoms with E-state index in [1.165, 1.54) is 15.2 Å². The highest BCUT2D eigenvalue weighted by Crippen LogP contribution is 2.29. The van der Waals surface area contributed by atoms with Gasteiger partial charge in [-0.2, -0.15) is 0 Å². The average Bonchev–Trinajstić information content (AvgIpc) is 3.17. The summed E-state index contributed by atoms with van der Waals surface area (Å²) >= 11 is 3.57. The van der Waals surface area contributed by atoms with Crippen LogP contribution in [0.25, 0.3) is 10.2 Å². The van der Waals surface area contributed by atoms with E-state index in [1.807, 2.05) is 22.7 Å². The van der Waals surface area contributed by atoms with Crippen LogP contribution in [0, 0.1) is 6.92 Å². The molecule has 1 fully saturated rings. The molecule has 1 aromatic heterocycles. The smallest absolute Gasteiger partial charge is 0.222 e. The van der Waals surface area contributed by atoms with Crippen molar-refractivity contribution in [3.63, 3.8) is 0 Å². The Balaban J connectivity index is 1.21. The normalized spacial score (nSPS) is 14.6. The van der Waals surface area contributed by atoms with Gasteiger partial charge in [-0.25, -0.2) is 4.98 Å². The van der Waals surface area contributed by atoms with Gasteiger partial charge in [-0.15, -0.1) is 11.8 Å². The first-order chi connectivity index (χ1) is 13.7. The largest absolute Gasteiger partial charge is 0.345 e. The summed E-state index contributed by atoms with van der Waals surface area (Å²) in [6.07, 6.45) is 1.56. The van der Waals surface area contributed by atoms with Crippen LogP contribution in [0.3, 0.4) is 0 Å². The molecule has 0 saturated carbocycles. The molecule has 6 heteroatoms. The van der Waals surface area contributed by atoms with Crippen LogP contribution >= 0.6 is 23.1 Å². The van der Waals surface area contributed by atoms with Gasteiger partial charge in [-0.05, 0) is 43.4 Å². The number of thiazole rings is 1. The summed E-state index contributed by atoms with van der Waals surface area (Å²) in [6.45, 7) is 5.41. The zero-order valence-corrected chi connectivity index (χ0v) is 17.8. The molecule has 4 rings (SSSR count). The molecule has 3 aromatic rings. The van der Waals surface area contributed by atoms with Crippen LogP contribution in [0.5, 0.6) is 0 Å². The predicted molar refractivity (Wildman–Crippen MR) is 120 cm³/mol. The van der Waals surface area contributed by atoms with Gasteiger partial charge in [-0.1, -0.05) is 41.2 Å². The van der Waals surface area contributed by atoms with E-state index in [0.29, 0.717) is 6.42 Å². The number of aryl methyl sites for hydroxylation is 1. The highest BCUT2D eigenvalue weighted by molar-refractivity contribution is 7.99. The number of fused-ring (bicyclic) bond motifs is 1. The summed E-state index contributed by atoms with van der Waals surface area (Å²) < 4.78 is 1.22. The third-order valence-corrected chi connectivity index (χ3v) is 7.21. The molecule has 1 amide bonds. The Labute approximate surface area is 174 Å². The number of nitrogens with zero attached hydrogens (tertiary/aromatic N) is 3. The van der Waals surface area contributed by atoms with Crippen molar-refractivity contribution in [3.8, 4) is 0 Å². The van der Waals surface area contributed by atoms with Gasteiger partial charge in [0.05, 0.1) is 10.2 Å². The number of rotatable bonds is 6. The number of hydrogen-bond acceptors (Lipinski definition) is 5. The highest BCUT2D eigenvalue weighted by Gasteiger charge is 2.22. The number of piperazine rings is 1. The molecule has 2 aromatic carbocycles. The van der Waals surface area contributed by atoms with Crippen molar-refractivity contribution in [3.05, 3.63) is 54.1 Å². The highest BCUT2D eigenvalue weighted by atomic mass is 32.2. The minimum absolute atomic E-state index is 0.286. The Bertz CT molecular complexity index is 897. The average molecular weight is 412 g/mol. The van der Waals surface area contributed by atoms with Crippen molar-refractivity contribution in [1.82, 2.24) is 9.88 Å². The monoisotopic (exact) mass is 411 g/mol. The molecule has 1 saturated heterocycles. The topological polar surface area (TPSA) is 36.4 Å². The molecule has 2 heterocycles. The fourth-order valence-corrected chi connectivity index (χ4v) is 5.22. The molecule has 146 valence electrons. The number of anilines is 1. The molecule has 0 N–H and O–H groups in total. The lowest BCUT2D eigenvalue weighted by Gasteiger charge is -2.34. The zero-order chi connectivity index (χ0) is 19.3. The first kappa shape index (κ1) is 19.3. The lowest BCUT2D eigenvalue weighted by Crippen LogP contribution is -2.48. The van der Waals surface area contributed by atoms with E-state index in [-0.39, 0.29) is 5.91 Å². The lowest BCUT2D eigenvalue weighted by molar-refractivity contribution is -0.131. The van der Waals surface area contributed by atoms with Gasteiger partial charge in [0, 0.05) is 37.5 Å². The first-order valence-electron chi connectivity index (χ1n) is 9.77. The summed E-state index contributed by atoms with van der Waals surface area (Å²) in [5, 5.41) is 1.07. The SMILES string of the molecule is Cc1ccc(SCCCC(=O)N2CCN(c3nc4ccccc4s3)CC2)cc1. The van der Waals surface area contributed by atoms with Gasteiger partial charge in [0.1, 0.15) is 0 Å². The molecule has 0 spiro atoms. The third kappa shape index (κ3) is 4.67. The number of hydrogen-bond donors (Lipinski definition) is 0. The standard InChI is InChI=1S/C22H25N3OS2/c1-17-8-10-18(11-9-17)27-16-4-7-21(26)24-12-14-25(15-13-24)22-23-19-5-2-3-6-20(19)28-22/h2-3,5-6,8-11H,4,7,12-16H2,1H3. The van der Waals surface area contributed by atoms with E-state index in [0.717, 1.165) is 49.0 Å². The quantitative estimate of drug-likeness (QED) is 0.430. The Morgan fingerprint density at radius 3 is 2.57 bits per heavy atom. The van der Waals surface area contributed by atoms with Gasteiger partial charge in [-0.3, -0.25) is 4.79 Å². The molecule has 28 heavy (non-hydrogen) atoms. The Morgan fingerprint density at radius 2 is 1.82 bits per heavy atom. The summed E-state index contributed by atoms with van der Waals surface area (Å²) in [7, 11) is 0. The van der Waals surface area contributed by atoms with Crippen molar-refractivity contribution in [2.45, 2.75) is 24.7 Å². The van der Waals surface area contributed by atoms with Crippen LogP contribution in [-0.2, 0) is 4.79 Å². The number of carbonyl (C=O) groups is 1. The molecule has 0 unspecified atom stereocenters. The van der Waals surface area contributed by atoms with Gasteiger partial charge in [0.15, 0.2) is 5.13 Å². The van der Waals surface area contributed by atoms with Crippen LogP contribution in [0.4, 0.5) is 5.13 Å². The van der Waals surface area contributed by atoms with Crippen molar-refractivity contribution in [2.75, 3.05) is 36.8 Å². The predicted octanol–water partition coefficient (Wildman–Crippen LogP) is 4.83. The second kappa shape index (κ2) is 8.97. The van der Waals surface area contributed by atoms with E-state index in [1.54, 1.807) is 11.3 Å². The summed E-state index contributed by atoms with van der Waals surface area (Å²) in [5.41, 5.74) is 2.34. The van der Waals surface area contributed by atoms with E-state index in [2.05, 4.69) is 54.3 Å². The molecule has 0 aliphatic carbocycles. The number of para-hydroxylation sites is 1.